The molecule has 0 aliphatic carbocycles. The second kappa shape index (κ2) is 4.18. The number of benzene rings is 2. The maximum Gasteiger partial charge on any atom is 0.256 e. The lowest BCUT2D eigenvalue weighted by atomic mass is 9.99. The number of nitrogens with zero attached hydrogens (tertiary/aromatic N) is 2. The van der Waals surface area contributed by atoms with Crippen molar-refractivity contribution in [1.29, 1.82) is 0 Å². The van der Waals surface area contributed by atoms with Gasteiger partial charge in [0.1, 0.15) is 6.10 Å². The zero-order valence-electron chi connectivity index (χ0n) is 12.3. The number of fused-ring (bicyclic) bond motifs is 6. The van der Waals surface area contributed by atoms with Crippen molar-refractivity contribution >= 4 is 11.0 Å². The fourth-order valence-corrected chi connectivity index (χ4v) is 3.64. The van der Waals surface area contributed by atoms with Gasteiger partial charge in [0, 0.05) is 5.56 Å². The third-order valence-electron chi connectivity index (χ3n) is 4.64. The Morgan fingerprint density at radius 3 is 2.86 bits per heavy atom. The van der Waals surface area contributed by atoms with Crippen LogP contribution in [-0.2, 0) is 21.8 Å². The molecule has 4 nitrogen and oxygen atoms in total. The van der Waals surface area contributed by atoms with Crippen LogP contribution in [0.5, 0.6) is 0 Å². The molecular weight excluding hydrogens is 276 g/mol. The molecule has 0 N–H and O–H groups in total. The number of rotatable bonds is 1. The predicted octanol–water partition coefficient (Wildman–Crippen LogP) is 2.97. The summed E-state index contributed by atoms with van der Waals surface area (Å²) in [6.07, 6.45) is 0.0738. The van der Waals surface area contributed by atoms with Crippen LogP contribution in [0.4, 0.5) is 0 Å². The summed E-state index contributed by atoms with van der Waals surface area (Å²) < 4.78 is 14.7. The molecule has 22 heavy (non-hydrogen) atoms. The van der Waals surface area contributed by atoms with Crippen LogP contribution in [0.2, 0.25) is 0 Å². The zero-order valence-corrected chi connectivity index (χ0v) is 12.3. The highest BCUT2D eigenvalue weighted by molar-refractivity contribution is 5.76. The lowest BCUT2D eigenvalue weighted by Crippen LogP contribution is -2.39. The Morgan fingerprint density at radius 2 is 1.95 bits per heavy atom. The van der Waals surface area contributed by atoms with Crippen LogP contribution in [0.1, 0.15) is 17.0 Å². The fraction of sp³-hybridized carbons (Fsp3) is 0.278. The van der Waals surface area contributed by atoms with E-state index in [2.05, 4.69) is 35.8 Å². The van der Waals surface area contributed by atoms with Crippen molar-refractivity contribution in [3.8, 4) is 0 Å². The van der Waals surface area contributed by atoms with Crippen molar-refractivity contribution in [3.05, 3.63) is 65.5 Å². The highest BCUT2D eigenvalue weighted by Gasteiger charge is 2.52. The van der Waals surface area contributed by atoms with E-state index in [1.54, 1.807) is 0 Å². The SMILES string of the molecule is Cc1ccccc1C12OCC(Cn3c1nc1ccccc13)O2. The minimum atomic E-state index is -0.868. The van der Waals surface area contributed by atoms with Crippen molar-refractivity contribution < 1.29 is 9.47 Å². The molecular formula is C18H16N2O2. The molecule has 1 aromatic heterocycles. The van der Waals surface area contributed by atoms with E-state index in [0.29, 0.717) is 6.61 Å². The summed E-state index contributed by atoms with van der Waals surface area (Å²) in [5.41, 5.74) is 4.34. The second-order valence-corrected chi connectivity index (χ2v) is 6.02. The van der Waals surface area contributed by atoms with E-state index in [4.69, 9.17) is 14.5 Å². The van der Waals surface area contributed by atoms with Crippen LogP contribution in [0.15, 0.2) is 48.5 Å². The minimum Gasteiger partial charge on any atom is -0.337 e. The van der Waals surface area contributed by atoms with Gasteiger partial charge in [0.25, 0.3) is 5.79 Å². The Morgan fingerprint density at radius 1 is 1.14 bits per heavy atom. The first-order valence-electron chi connectivity index (χ1n) is 7.61. The average Bonchev–Trinajstić information content (AvgIpc) is 3.09. The standard InChI is InChI=1S/C18H16N2O2/c1-12-6-2-3-7-14(12)18-17-19-15-8-4-5-9-16(15)20(17)10-13(22-18)11-21-18/h2-9,13H,10-11H2,1H3. The molecule has 0 amide bonds. The summed E-state index contributed by atoms with van der Waals surface area (Å²) in [6.45, 7) is 3.49. The summed E-state index contributed by atoms with van der Waals surface area (Å²) in [5.74, 6) is -0.00968. The van der Waals surface area contributed by atoms with Gasteiger partial charge in [0.05, 0.1) is 24.2 Å². The summed E-state index contributed by atoms with van der Waals surface area (Å²) in [5, 5.41) is 0. The first-order chi connectivity index (χ1) is 10.8. The Balaban J connectivity index is 1.83. The van der Waals surface area contributed by atoms with Gasteiger partial charge in [0.2, 0.25) is 0 Å². The largest absolute Gasteiger partial charge is 0.337 e. The number of imidazole rings is 1. The van der Waals surface area contributed by atoms with Gasteiger partial charge < -0.3 is 14.0 Å². The van der Waals surface area contributed by atoms with Crippen LogP contribution in [0, 0.1) is 6.92 Å². The van der Waals surface area contributed by atoms with E-state index in [0.717, 1.165) is 34.5 Å². The van der Waals surface area contributed by atoms with Crippen molar-refractivity contribution in [2.45, 2.75) is 25.4 Å². The quantitative estimate of drug-likeness (QED) is 0.692. The number of ether oxygens (including phenoxy) is 2. The van der Waals surface area contributed by atoms with Gasteiger partial charge in [-0.3, -0.25) is 0 Å². The predicted molar refractivity (Wildman–Crippen MR) is 82.5 cm³/mol. The van der Waals surface area contributed by atoms with E-state index >= 15 is 0 Å². The third kappa shape index (κ3) is 1.46. The maximum atomic E-state index is 6.30. The fourth-order valence-electron chi connectivity index (χ4n) is 3.64. The van der Waals surface area contributed by atoms with E-state index < -0.39 is 5.79 Å². The Hall–Kier alpha value is -2.17. The Kier molecular flexibility index (Phi) is 2.35. The molecule has 2 atom stereocenters. The number of hydrogen-bond donors (Lipinski definition) is 0. The molecule has 0 saturated carbocycles. The molecule has 2 bridgehead atoms. The molecule has 3 heterocycles. The zero-order chi connectivity index (χ0) is 14.7. The third-order valence-corrected chi connectivity index (χ3v) is 4.64. The number of aromatic nitrogens is 2. The van der Waals surface area contributed by atoms with E-state index in [1.165, 1.54) is 0 Å². The summed E-state index contributed by atoms with van der Waals surface area (Å²) in [7, 11) is 0. The van der Waals surface area contributed by atoms with Crippen LogP contribution in [0.25, 0.3) is 11.0 Å². The molecule has 2 aliphatic heterocycles. The summed E-state index contributed by atoms with van der Waals surface area (Å²) >= 11 is 0. The van der Waals surface area contributed by atoms with E-state index in [9.17, 15) is 0 Å². The van der Waals surface area contributed by atoms with E-state index in [1.807, 2.05) is 24.3 Å². The Bertz CT molecular complexity index is 886. The van der Waals surface area contributed by atoms with Crippen molar-refractivity contribution in [2.75, 3.05) is 6.61 Å². The van der Waals surface area contributed by atoms with Gasteiger partial charge in [-0.15, -0.1) is 0 Å². The number of aryl methyl sites for hydroxylation is 1. The summed E-state index contributed by atoms with van der Waals surface area (Å²) in [4.78, 5) is 4.83. The average molecular weight is 292 g/mol. The van der Waals surface area contributed by atoms with Gasteiger partial charge >= 0.3 is 0 Å². The second-order valence-electron chi connectivity index (χ2n) is 6.02. The summed E-state index contributed by atoms with van der Waals surface area (Å²) in [6, 6.07) is 16.4. The topological polar surface area (TPSA) is 36.3 Å². The molecule has 0 spiro atoms. The highest BCUT2D eigenvalue weighted by Crippen LogP contribution is 2.45. The highest BCUT2D eigenvalue weighted by atomic mass is 16.7. The first kappa shape index (κ1) is 12.4. The van der Waals surface area contributed by atoms with Crippen LogP contribution < -0.4 is 0 Å². The molecule has 1 saturated heterocycles. The lowest BCUT2D eigenvalue weighted by Gasteiger charge is -2.33. The number of para-hydroxylation sites is 2. The van der Waals surface area contributed by atoms with Gasteiger partial charge in [-0.05, 0) is 24.6 Å². The molecule has 2 aromatic carbocycles. The molecule has 3 aromatic rings. The van der Waals surface area contributed by atoms with Crippen molar-refractivity contribution in [1.82, 2.24) is 9.55 Å². The monoisotopic (exact) mass is 292 g/mol. The molecule has 2 aliphatic rings. The van der Waals surface area contributed by atoms with Crippen LogP contribution in [-0.4, -0.2) is 22.3 Å². The number of hydrogen-bond acceptors (Lipinski definition) is 3. The normalized spacial score (nSPS) is 26.3. The molecule has 0 radical (unpaired) electrons. The van der Waals surface area contributed by atoms with Crippen molar-refractivity contribution in [2.24, 2.45) is 0 Å². The first-order valence-corrected chi connectivity index (χ1v) is 7.61. The van der Waals surface area contributed by atoms with E-state index in [-0.39, 0.29) is 6.10 Å². The van der Waals surface area contributed by atoms with Crippen molar-refractivity contribution in [3.63, 3.8) is 0 Å². The van der Waals surface area contributed by atoms with Gasteiger partial charge in [-0.1, -0.05) is 36.4 Å². The van der Waals surface area contributed by atoms with Crippen LogP contribution >= 0.6 is 0 Å². The van der Waals surface area contributed by atoms with Gasteiger partial charge in [-0.2, -0.15) is 0 Å². The molecule has 5 rings (SSSR count). The van der Waals surface area contributed by atoms with Crippen LogP contribution in [0.3, 0.4) is 0 Å². The Labute approximate surface area is 128 Å². The molecule has 1 fully saturated rings. The smallest absolute Gasteiger partial charge is 0.256 e. The molecule has 110 valence electrons. The van der Waals surface area contributed by atoms with Gasteiger partial charge in [-0.25, -0.2) is 4.98 Å². The minimum absolute atomic E-state index is 0.0738. The maximum absolute atomic E-state index is 6.30. The van der Waals surface area contributed by atoms with Gasteiger partial charge in [0.15, 0.2) is 5.82 Å². The lowest BCUT2D eigenvalue weighted by molar-refractivity contribution is -0.163. The molecule has 2 unspecified atom stereocenters. The molecule has 4 heteroatoms.